The van der Waals surface area contributed by atoms with Crippen LogP contribution in [0.2, 0.25) is 0 Å². The minimum Gasteiger partial charge on any atom is -0.461 e. The van der Waals surface area contributed by atoms with E-state index in [0.29, 0.717) is 29.7 Å². The molecular formula is C15H17N5O3. The van der Waals surface area contributed by atoms with Gasteiger partial charge in [-0.25, -0.2) is 4.68 Å². The van der Waals surface area contributed by atoms with E-state index in [2.05, 4.69) is 20.6 Å². The molecular weight excluding hydrogens is 298 g/mol. The zero-order valence-corrected chi connectivity index (χ0v) is 12.9. The smallest absolute Gasteiger partial charge is 0.238 e. The fourth-order valence-electron chi connectivity index (χ4n) is 2.11. The topological polar surface area (TPSA) is 99.0 Å². The summed E-state index contributed by atoms with van der Waals surface area (Å²) in [7, 11) is 0. The molecule has 0 aromatic carbocycles. The molecule has 1 N–H and O–H groups in total. The summed E-state index contributed by atoms with van der Waals surface area (Å²) in [6.07, 6.45) is 3.79. The number of furan rings is 1. The Labute approximate surface area is 132 Å². The average Bonchev–Trinajstić information content (AvgIpc) is 3.25. The molecule has 0 fully saturated rings. The highest BCUT2D eigenvalue weighted by molar-refractivity contribution is 5.89. The molecule has 0 aliphatic heterocycles. The van der Waals surface area contributed by atoms with Gasteiger partial charge in [0.2, 0.25) is 17.6 Å². The predicted octanol–water partition coefficient (Wildman–Crippen LogP) is 2.68. The van der Waals surface area contributed by atoms with E-state index in [1.807, 2.05) is 13.8 Å². The van der Waals surface area contributed by atoms with Gasteiger partial charge in [0.25, 0.3) is 0 Å². The average molecular weight is 315 g/mol. The lowest BCUT2D eigenvalue weighted by molar-refractivity contribution is -0.116. The molecule has 3 rings (SSSR count). The van der Waals surface area contributed by atoms with E-state index in [1.165, 1.54) is 6.26 Å². The van der Waals surface area contributed by atoms with Crippen molar-refractivity contribution in [1.29, 1.82) is 0 Å². The first-order chi connectivity index (χ1) is 11.1. The third kappa shape index (κ3) is 3.47. The van der Waals surface area contributed by atoms with Gasteiger partial charge in [-0.05, 0) is 26.0 Å². The number of aryl methyl sites for hydroxylation is 1. The van der Waals surface area contributed by atoms with E-state index in [4.69, 9.17) is 8.94 Å². The maximum atomic E-state index is 12.0. The number of carbonyl (C=O) groups is 1. The molecule has 8 heteroatoms. The Morgan fingerprint density at radius 1 is 1.39 bits per heavy atom. The van der Waals surface area contributed by atoms with Gasteiger partial charge in [0, 0.05) is 24.9 Å². The van der Waals surface area contributed by atoms with Gasteiger partial charge in [0.1, 0.15) is 5.82 Å². The minimum atomic E-state index is -0.134. The molecule has 0 aliphatic rings. The third-order valence-corrected chi connectivity index (χ3v) is 3.20. The van der Waals surface area contributed by atoms with Gasteiger partial charge in [0.05, 0.1) is 12.5 Å². The lowest BCUT2D eigenvalue weighted by Crippen LogP contribution is -2.17. The Morgan fingerprint density at radius 2 is 2.26 bits per heavy atom. The summed E-state index contributed by atoms with van der Waals surface area (Å²) >= 11 is 0. The van der Waals surface area contributed by atoms with Crippen molar-refractivity contribution in [1.82, 2.24) is 19.9 Å². The fourth-order valence-corrected chi connectivity index (χ4v) is 2.11. The summed E-state index contributed by atoms with van der Waals surface area (Å²) in [5.41, 5.74) is 0. The zero-order chi connectivity index (χ0) is 16.2. The van der Waals surface area contributed by atoms with Crippen molar-refractivity contribution in [3.8, 4) is 11.6 Å². The Morgan fingerprint density at radius 3 is 3.00 bits per heavy atom. The molecule has 23 heavy (non-hydrogen) atoms. The molecule has 0 bridgehead atoms. The van der Waals surface area contributed by atoms with Crippen molar-refractivity contribution < 1.29 is 13.7 Å². The third-order valence-electron chi connectivity index (χ3n) is 3.20. The van der Waals surface area contributed by atoms with Crippen molar-refractivity contribution in [3.05, 3.63) is 36.5 Å². The van der Waals surface area contributed by atoms with E-state index in [0.717, 1.165) is 0 Å². The van der Waals surface area contributed by atoms with Gasteiger partial charge in [-0.15, -0.1) is 0 Å². The van der Waals surface area contributed by atoms with E-state index < -0.39 is 0 Å². The Balaban J connectivity index is 1.56. The van der Waals surface area contributed by atoms with Crippen molar-refractivity contribution in [2.75, 3.05) is 5.32 Å². The highest BCUT2D eigenvalue weighted by Gasteiger charge is 2.14. The van der Waals surface area contributed by atoms with Crippen LogP contribution in [0.5, 0.6) is 0 Å². The van der Waals surface area contributed by atoms with E-state index in [9.17, 15) is 4.79 Å². The number of hydrogen-bond donors (Lipinski definition) is 1. The molecule has 3 heterocycles. The maximum absolute atomic E-state index is 12.0. The highest BCUT2D eigenvalue weighted by Crippen LogP contribution is 2.17. The van der Waals surface area contributed by atoms with Gasteiger partial charge < -0.3 is 14.3 Å². The number of aromatic nitrogens is 4. The Kier molecular flexibility index (Phi) is 4.22. The predicted molar refractivity (Wildman–Crippen MR) is 81.6 cm³/mol. The molecule has 3 aromatic heterocycles. The van der Waals surface area contributed by atoms with Crippen LogP contribution in [-0.4, -0.2) is 25.8 Å². The van der Waals surface area contributed by atoms with Crippen LogP contribution >= 0.6 is 0 Å². The molecule has 0 radical (unpaired) electrons. The first-order valence-corrected chi connectivity index (χ1v) is 7.33. The van der Waals surface area contributed by atoms with Crippen molar-refractivity contribution in [3.63, 3.8) is 0 Å². The van der Waals surface area contributed by atoms with E-state index >= 15 is 0 Å². The van der Waals surface area contributed by atoms with Gasteiger partial charge in [-0.3, -0.25) is 4.79 Å². The van der Waals surface area contributed by atoms with Crippen LogP contribution in [0.15, 0.2) is 39.6 Å². The first kappa shape index (κ1) is 15.0. The molecule has 8 nitrogen and oxygen atoms in total. The lowest BCUT2D eigenvalue weighted by atomic mass is 10.3. The molecule has 120 valence electrons. The van der Waals surface area contributed by atoms with Crippen molar-refractivity contribution >= 4 is 11.7 Å². The second-order valence-electron chi connectivity index (χ2n) is 5.29. The summed E-state index contributed by atoms with van der Waals surface area (Å²) in [5.74, 6) is 1.84. The van der Waals surface area contributed by atoms with Gasteiger partial charge >= 0.3 is 0 Å². The van der Waals surface area contributed by atoms with Crippen molar-refractivity contribution in [2.45, 2.75) is 32.7 Å². The minimum absolute atomic E-state index is 0.134. The summed E-state index contributed by atoms with van der Waals surface area (Å²) in [4.78, 5) is 16.2. The standard InChI is InChI=1S/C15H17N5O3/c1-10(2)20-12(7-8-16-20)17-13(21)5-6-14-18-15(19-23-14)11-4-3-9-22-11/h3-4,7-10H,5-6H2,1-2H3,(H,17,21). The molecule has 0 atom stereocenters. The molecule has 0 aliphatic carbocycles. The normalized spacial score (nSPS) is 11.1. The van der Waals surface area contributed by atoms with E-state index in [1.54, 1.807) is 29.1 Å². The lowest BCUT2D eigenvalue weighted by Gasteiger charge is -2.11. The van der Waals surface area contributed by atoms with Crippen LogP contribution in [0.3, 0.4) is 0 Å². The van der Waals surface area contributed by atoms with Crippen LogP contribution in [-0.2, 0) is 11.2 Å². The molecule has 0 spiro atoms. The van der Waals surface area contributed by atoms with Crippen LogP contribution in [0.25, 0.3) is 11.6 Å². The number of carbonyl (C=O) groups excluding carboxylic acids is 1. The van der Waals surface area contributed by atoms with Gasteiger partial charge in [0.15, 0.2) is 5.76 Å². The Hall–Kier alpha value is -2.90. The van der Waals surface area contributed by atoms with Crippen molar-refractivity contribution in [2.24, 2.45) is 0 Å². The summed E-state index contributed by atoms with van der Waals surface area (Å²) < 4.78 is 12.1. The zero-order valence-electron chi connectivity index (χ0n) is 12.9. The molecule has 0 saturated carbocycles. The number of hydrogen-bond acceptors (Lipinski definition) is 6. The highest BCUT2D eigenvalue weighted by atomic mass is 16.5. The SMILES string of the molecule is CC(C)n1nccc1NC(=O)CCc1nc(-c2ccco2)no1. The monoisotopic (exact) mass is 315 g/mol. The summed E-state index contributed by atoms with van der Waals surface area (Å²) in [6.45, 7) is 3.99. The molecule has 3 aromatic rings. The molecule has 0 saturated heterocycles. The van der Waals surface area contributed by atoms with Crippen LogP contribution < -0.4 is 5.32 Å². The maximum Gasteiger partial charge on any atom is 0.238 e. The second kappa shape index (κ2) is 6.47. The second-order valence-corrected chi connectivity index (χ2v) is 5.29. The van der Waals surface area contributed by atoms with Crippen LogP contribution in [0.4, 0.5) is 5.82 Å². The first-order valence-electron chi connectivity index (χ1n) is 7.33. The Bertz CT molecular complexity index is 773. The van der Waals surface area contributed by atoms with Gasteiger partial charge in [-0.2, -0.15) is 10.1 Å². The molecule has 0 unspecified atom stereocenters. The molecule has 1 amide bonds. The van der Waals surface area contributed by atoms with Crippen LogP contribution in [0.1, 0.15) is 32.2 Å². The van der Waals surface area contributed by atoms with Crippen LogP contribution in [0, 0.1) is 0 Å². The number of nitrogens with one attached hydrogen (secondary N) is 1. The van der Waals surface area contributed by atoms with E-state index in [-0.39, 0.29) is 18.4 Å². The van der Waals surface area contributed by atoms with Gasteiger partial charge in [-0.1, -0.05) is 5.16 Å². The summed E-state index contributed by atoms with van der Waals surface area (Å²) in [5, 5.41) is 10.8. The number of nitrogens with zero attached hydrogens (tertiary/aromatic N) is 4. The largest absolute Gasteiger partial charge is 0.461 e. The quantitative estimate of drug-likeness (QED) is 0.750. The fraction of sp³-hybridized carbons (Fsp3) is 0.333. The summed E-state index contributed by atoms with van der Waals surface area (Å²) in [6, 6.07) is 5.43. The number of amides is 1. The number of anilines is 1. The number of rotatable bonds is 6.